The van der Waals surface area contributed by atoms with Crippen LogP contribution in [0.5, 0.6) is 0 Å². The Morgan fingerprint density at radius 2 is 0.636 bits per heavy atom. The second-order valence-corrected chi connectivity index (χ2v) is 20.5. The van der Waals surface area contributed by atoms with Crippen molar-refractivity contribution >= 4 is 23.6 Å². The molecule has 0 spiro atoms. The molecule has 6 aromatic carbocycles. The predicted molar refractivity (Wildman–Crippen MR) is 241 cm³/mol. The SMILES string of the molecule is CC1=C(C)C([Si](c2cc(C)c(C)c(Cc3ccccc3)c2)(c2cc(C)c(C)c(Cc3ccccc3)c2)c2cc(C)c(C)c(Cc3ccccc3)c2)C(C)=C1C. The molecule has 278 valence electrons. The molecule has 6 aromatic rings. The van der Waals surface area contributed by atoms with Crippen LogP contribution < -0.4 is 15.6 Å². The van der Waals surface area contributed by atoms with Crippen LogP contribution in [0, 0.1) is 41.5 Å². The summed E-state index contributed by atoms with van der Waals surface area (Å²) >= 11 is 0. The highest BCUT2D eigenvalue weighted by molar-refractivity contribution is 7.13. The average molecular weight is 735 g/mol. The molecule has 0 radical (unpaired) electrons. The highest BCUT2D eigenvalue weighted by Gasteiger charge is 2.51. The summed E-state index contributed by atoms with van der Waals surface area (Å²) in [6.07, 6.45) is 2.78. The molecule has 1 aliphatic rings. The summed E-state index contributed by atoms with van der Waals surface area (Å²) in [7, 11) is -2.93. The zero-order chi connectivity index (χ0) is 39.0. The van der Waals surface area contributed by atoms with Gasteiger partial charge in [0.15, 0.2) is 8.07 Å². The topological polar surface area (TPSA) is 0 Å². The lowest BCUT2D eigenvalue weighted by molar-refractivity contribution is 1.08. The third-order valence-corrected chi connectivity index (χ3v) is 18.8. The first-order valence-corrected chi connectivity index (χ1v) is 22.3. The monoisotopic (exact) mass is 734 g/mol. The molecule has 0 N–H and O–H groups in total. The van der Waals surface area contributed by atoms with Crippen LogP contribution in [0.25, 0.3) is 0 Å². The Morgan fingerprint density at radius 3 is 0.909 bits per heavy atom. The van der Waals surface area contributed by atoms with Gasteiger partial charge in [-0.3, -0.25) is 0 Å². The number of hydrogen-bond acceptors (Lipinski definition) is 0. The first-order chi connectivity index (χ1) is 26.4. The van der Waals surface area contributed by atoms with E-state index in [1.54, 1.807) is 0 Å². The van der Waals surface area contributed by atoms with Crippen molar-refractivity contribution in [1.82, 2.24) is 0 Å². The molecular formula is C54H58Si. The second kappa shape index (κ2) is 15.6. The lowest BCUT2D eigenvalue weighted by Crippen LogP contribution is -2.70. The van der Waals surface area contributed by atoms with Gasteiger partial charge in [0.05, 0.1) is 0 Å². The normalized spacial score (nSPS) is 13.6. The standard InChI is InChI=1S/C54H58Si/c1-35-26-51(32-48(38(35)4)29-45-20-14-11-15-21-45)55(54-43(9)41(7)42(8)44(54)10,52-27-36(2)39(5)49(33-52)30-46-22-16-12-17-23-46)53-28-37(3)40(6)50(34-53)31-47-24-18-13-19-25-47/h11-28,32-34,54H,29-31H2,1-10H3. The van der Waals surface area contributed by atoms with Crippen LogP contribution in [0.3, 0.4) is 0 Å². The zero-order valence-corrected chi connectivity index (χ0v) is 35.8. The molecule has 0 nitrogen and oxygen atoms in total. The van der Waals surface area contributed by atoms with E-state index in [1.165, 1.54) is 105 Å². The van der Waals surface area contributed by atoms with Gasteiger partial charge >= 0.3 is 0 Å². The molecule has 0 fully saturated rings. The van der Waals surface area contributed by atoms with E-state index in [0.29, 0.717) is 0 Å². The van der Waals surface area contributed by atoms with Crippen molar-refractivity contribution in [1.29, 1.82) is 0 Å². The van der Waals surface area contributed by atoms with Crippen molar-refractivity contribution < 1.29 is 0 Å². The van der Waals surface area contributed by atoms with Crippen LogP contribution in [0.4, 0.5) is 0 Å². The zero-order valence-electron chi connectivity index (χ0n) is 34.8. The van der Waals surface area contributed by atoms with Crippen LogP contribution in [-0.4, -0.2) is 8.07 Å². The molecular weight excluding hydrogens is 677 g/mol. The minimum Gasteiger partial charge on any atom is -0.0647 e. The molecule has 0 amide bonds. The summed E-state index contributed by atoms with van der Waals surface area (Å²) < 4.78 is 0. The van der Waals surface area contributed by atoms with E-state index >= 15 is 0 Å². The molecule has 0 saturated carbocycles. The Labute approximate surface area is 332 Å². The maximum Gasteiger partial charge on any atom is 0.159 e. The van der Waals surface area contributed by atoms with Crippen molar-refractivity contribution in [3.63, 3.8) is 0 Å². The minimum absolute atomic E-state index is 0.289. The molecule has 0 aromatic heterocycles. The van der Waals surface area contributed by atoms with Gasteiger partial charge in [-0.1, -0.05) is 139 Å². The first-order valence-electron chi connectivity index (χ1n) is 20.2. The fraction of sp³-hybridized carbons (Fsp3) is 0.259. The maximum atomic E-state index is 2.66. The number of benzene rings is 6. The molecule has 0 saturated heterocycles. The number of hydrogen-bond donors (Lipinski definition) is 0. The van der Waals surface area contributed by atoms with E-state index in [0.717, 1.165) is 19.3 Å². The molecule has 55 heavy (non-hydrogen) atoms. The van der Waals surface area contributed by atoms with Crippen LogP contribution in [0.15, 0.2) is 150 Å². The van der Waals surface area contributed by atoms with E-state index in [-0.39, 0.29) is 5.54 Å². The summed E-state index contributed by atoms with van der Waals surface area (Å²) in [5, 5.41) is 4.57. The van der Waals surface area contributed by atoms with Gasteiger partial charge in [-0.25, -0.2) is 0 Å². The Balaban J connectivity index is 1.62. The molecule has 7 rings (SSSR count). The quantitative estimate of drug-likeness (QED) is 0.0971. The van der Waals surface area contributed by atoms with Crippen molar-refractivity contribution in [2.45, 2.75) is 94.0 Å². The molecule has 0 heterocycles. The number of aryl methyl sites for hydroxylation is 3. The molecule has 0 bridgehead atoms. The van der Waals surface area contributed by atoms with E-state index < -0.39 is 8.07 Å². The highest BCUT2D eigenvalue weighted by Crippen LogP contribution is 2.47. The first kappa shape index (κ1) is 38.3. The van der Waals surface area contributed by atoms with Gasteiger partial charge < -0.3 is 0 Å². The van der Waals surface area contributed by atoms with E-state index in [1.807, 2.05) is 0 Å². The van der Waals surface area contributed by atoms with Crippen molar-refractivity contribution in [2.75, 3.05) is 0 Å². The van der Waals surface area contributed by atoms with Crippen molar-refractivity contribution in [3.8, 4) is 0 Å². The van der Waals surface area contributed by atoms with E-state index in [4.69, 9.17) is 0 Å². The van der Waals surface area contributed by atoms with Gasteiger partial charge in [0.2, 0.25) is 0 Å². The fourth-order valence-electron chi connectivity index (χ4n) is 9.48. The lowest BCUT2D eigenvalue weighted by atomic mass is 9.97. The summed E-state index contributed by atoms with van der Waals surface area (Å²) in [5.41, 5.74) is 23.1. The maximum absolute atomic E-state index is 2.93. The smallest absolute Gasteiger partial charge is 0.0647 e. The third-order valence-electron chi connectivity index (χ3n) is 13.4. The largest absolute Gasteiger partial charge is 0.159 e. The molecule has 1 aliphatic carbocycles. The van der Waals surface area contributed by atoms with Crippen LogP contribution in [0.1, 0.15) is 94.5 Å². The summed E-state index contributed by atoms with van der Waals surface area (Å²) in [5.74, 6) is 0. The Hall–Kier alpha value is -4.98. The van der Waals surface area contributed by atoms with Crippen LogP contribution in [-0.2, 0) is 19.3 Å². The van der Waals surface area contributed by atoms with E-state index in [2.05, 4.69) is 197 Å². The highest BCUT2D eigenvalue weighted by atomic mass is 28.3. The molecule has 0 aliphatic heterocycles. The van der Waals surface area contributed by atoms with Gasteiger partial charge in [-0.05, 0) is 182 Å². The van der Waals surface area contributed by atoms with Gasteiger partial charge in [0.25, 0.3) is 0 Å². The minimum atomic E-state index is -2.93. The number of rotatable bonds is 10. The van der Waals surface area contributed by atoms with Gasteiger partial charge in [0.1, 0.15) is 0 Å². The summed E-state index contributed by atoms with van der Waals surface area (Å²) in [4.78, 5) is 0. The Bertz CT molecular complexity index is 2170. The van der Waals surface area contributed by atoms with Gasteiger partial charge in [-0.15, -0.1) is 0 Å². The molecule has 0 unspecified atom stereocenters. The van der Waals surface area contributed by atoms with Crippen molar-refractivity contribution in [3.05, 3.63) is 216 Å². The summed E-state index contributed by atoms with van der Waals surface area (Å²) in [6, 6.07) is 49.0. The molecule has 0 atom stereocenters. The van der Waals surface area contributed by atoms with Crippen molar-refractivity contribution in [2.24, 2.45) is 0 Å². The van der Waals surface area contributed by atoms with E-state index in [9.17, 15) is 0 Å². The van der Waals surface area contributed by atoms with Crippen LogP contribution in [0.2, 0.25) is 5.54 Å². The second-order valence-electron chi connectivity index (χ2n) is 16.6. The average Bonchev–Trinajstić information content (AvgIpc) is 3.37. The third kappa shape index (κ3) is 7.16. The van der Waals surface area contributed by atoms with Gasteiger partial charge in [0, 0.05) is 5.54 Å². The van der Waals surface area contributed by atoms with Gasteiger partial charge in [-0.2, -0.15) is 0 Å². The Morgan fingerprint density at radius 1 is 0.364 bits per heavy atom. The predicted octanol–water partition coefficient (Wildman–Crippen LogP) is 11.8. The number of allylic oxidation sites excluding steroid dienone is 4. The van der Waals surface area contributed by atoms with Crippen LogP contribution >= 0.6 is 0 Å². The fourth-order valence-corrected chi connectivity index (χ4v) is 15.7. The Kier molecular flexibility index (Phi) is 10.9. The molecule has 1 heteroatoms. The summed E-state index contributed by atoms with van der Waals surface area (Å²) in [6.45, 7) is 23.7. The lowest BCUT2D eigenvalue weighted by Gasteiger charge is -2.43.